The van der Waals surface area contributed by atoms with Crippen molar-refractivity contribution in [2.24, 2.45) is 5.92 Å². The van der Waals surface area contributed by atoms with Gasteiger partial charge < -0.3 is 9.84 Å². The molecule has 1 unspecified atom stereocenters. The van der Waals surface area contributed by atoms with E-state index < -0.39 is 23.6 Å². The van der Waals surface area contributed by atoms with Crippen LogP contribution >= 0.6 is 0 Å². The summed E-state index contributed by atoms with van der Waals surface area (Å²) in [5.74, 6) is -1.21. The molecule has 1 aliphatic carbocycles. The number of ether oxygens (including phenoxy) is 1. The Morgan fingerprint density at radius 1 is 1.30 bits per heavy atom. The van der Waals surface area contributed by atoms with Crippen LogP contribution in [0.1, 0.15) is 31.9 Å². The van der Waals surface area contributed by atoms with Crippen molar-refractivity contribution >= 4 is 17.7 Å². The summed E-state index contributed by atoms with van der Waals surface area (Å²) in [6, 6.07) is 5.49. The van der Waals surface area contributed by atoms with Gasteiger partial charge in [-0.1, -0.05) is 12.1 Å². The summed E-state index contributed by atoms with van der Waals surface area (Å²) in [6.45, 7) is 5.38. The first kappa shape index (κ1) is 14.4. The average Bonchev–Trinajstić information content (AvgIpc) is 2.71. The van der Waals surface area contributed by atoms with Gasteiger partial charge in [-0.3, -0.25) is 10.1 Å². The number of fused-ring (bicyclic) bond motifs is 1. The summed E-state index contributed by atoms with van der Waals surface area (Å²) in [5, 5.41) is 11.8. The molecule has 2 N–H and O–H groups in total. The van der Waals surface area contributed by atoms with E-state index in [4.69, 9.17) is 9.84 Å². The zero-order valence-electron chi connectivity index (χ0n) is 11.9. The number of aliphatic carboxylic acids is 1. The van der Waals surface area contributed by atoms with Gasteiger partial charge in [0.2, 0.25) is 0 Å². The molecule has 5 heteroatoms. The normalized spacial score (nSPS) is 17.4. The van der Waals surface area contributed by atoms with Gasteiger partial charge in [0.1, 0.15) is 5.60 Å². The van der Waals surface area contributed by atoms with Crippen molar-refractivity contribution in [3.63, 3.8) is 0 Å². The van der Waals surface area contributed by atoms with Crippen molar-refractivity contribution in [2.75, 3.05) is 5.32 Å². The maximum absolute atomic E-state index is 11.8. The third-order valence-corrected chi connectivity index (χ3v) is 3.17. The van der Waals surface area contributed by atoms with E-state index in [-0.39, 0.29) is 0 Å². The molecule has 5 nitrogen and oxygen atoms in total. The smallest absolute Gasteiger partial charge is 0.412 e. The van der Waals surface area contributed by atoms with Crippen LogP contribution in [0.3, 0.4) is 0 Å². The minimum absolute atomic E-state index is 0.411. The molecule has 0 saturated heterocycles. The molecule has 108 valence electrons. The number of hydrogen-bond donors (Lipinski definition) is 2. The Morgan fingerprint density at radius 3 is 2.60 bits per heavy atom. The molecule has 0 radical (unpaired) electrons. The summed E-state index contributed by atoms with van der Waals surface area (Å²) in [7, 11) is 0. The molecule has 1 aromatic rings. The molecule has 0 heterocycles. The Balaban J connectivity index is 2.14. The van der Waals surface area contributed by atoms with Gasteiger partial charge in [-0.15, -0.1) is 0 Å². The van der Waals surface area contributed by atoms with Gasteiger partial charge in [-0.25, -0.2) is 4.79 Å². The highest BCUT2D eigenvalue weighted by atomic mass is 16.6. The Bertz CT molecular complexity index is 545. The maximum atomic E-state index is 11.8. The van der Waals surface area contributed by atoms with Crippen molar-refractivity contribution in [3.05, 3.63) is 29.3 Å². The van der Waals surface area contributed by atoms with E-state index >= 15 is 0 Å². The van der Waals surface area contributed by atoms with E-state index in [0.29, 0.717) is 18.5 Å². The first-order valence-electron chi connectivity index (χ1n) is 6.60. The number of benzene rings is 1. The molecular weight excluding hydrogens is 258 g/mol. The van der Waals surface area contributed by atoms with Crippen LogP contribution in [0.25, 0.3) is 0 Å². The predicted molar refractivity (Wildman–Crippen MR) is 74.8 cm³/mol. The quantitative estimate of drug-likeness (QED) is 0.871. The lowest BCUT2D eigenvalue weighted by Gasteiger charge is -2.20. The van der Waals surface area contributed by atoms with Crippen LogP contribution in [-0.2, 0) is 22.4 Å². The van der Waals surface area contributed by atoms with Gasteiger partial charge in [0.05, 0.1) is 5.92 Å². The lowest BCUT2D eigenvalue weighted by atomic mass is 10.1. The van der Waals surface area contributed by atoms with Crippen molar-refractivity contribution in [1.29, 1.82) is 0 Å². The molecule has 1 atom stereocenters. The van der Waals surface area contributed by atoms with Gasteiger partial charge >= 0.3 is 12.1 Å². The Hall–Kier alpha value is -2.04. The van der Waals surface area contributed by atoms with Crippen LogP contribution in [0.2, 0.25) is 0 Å². The molecule has 0 fully saturated rings. The standard InChI is InChI=1S/C15H19NO4/c1-15(2,3)20-14(19)16-12-6-4-5-9-7-10(13(17)18)8-11(9)12/h4-6,10H,7-8H2,1-3H3,(H,16,19)(H,17,18). The molecule has 1 amide bonds. The van der Waals surface area contributed by atoms with E-state index in [1.165, 1.54) is 0 Å². The van der Waals surface area contributed by atoms with E-state index in [9.17, 15) is 9.59 Å². The van der Waals surface area contributed by atoms with Gasteiger partial charge in [-0.05, 0) is 50.8 Å². The highest BCUT2D eigenvalue weighted by Crippen LogP contribution is 2.32. The van der Waals surface area contributed by atoms with Crippen LogP contribution in [0, 0.1) is 5.92 Å². The highest BCUT2D eigenvalue weighted by Gasteiger charge is 2.29. The second kappa shape index (κ2) is 5.15. The first-order valence-corrected chi connectivity index (χ1v) is 6.60. The minimum Gasteiger partial charge on any atom is -0.481 e. The fraction of sp³-hybridized carbons (Fsp3) is 0.467. The van der Waals surface area contributed by atoms with Crippen LogP contribution < -0.4 is 5.32 Å². The van der Waals surface area contributed by atoms with E-state index in [2.05, 4.69) is 5.32 Å². The number of nitrogens with one attached hydrogen (secondary N) is 1. The fourth-order valence-electron chi connectivity index (χ4n) is 2.36. The average molecular weight is 277 g/mol. The van der Waals surface area contributed by atoms with Gasteiger partial charge in [0.15, 0.2) is 0 Å². The lowest BCUT2D eigenvalue weighted by molar-refractivity contribution is -0.141. The third-order valence-electron chi connectivity index (χ3n) is 3.17. The predicted octanol–water partition coefficient (Wildman–Crippen LogP) is 2.83. The number of amides is 1. The monoisotopic (exact) mass is 277 g/mol. The number of carboxylic acids is 1. The summed E-state index contributed by atoms with van der Waals surface area (Å²) < 4.78 is 5.21. The molecule has 0 spiro atoms. The second-order valence-corrected chi connectivity index (χ2v) is 6.01. The zero-order valence-corrected chi connectivity index (χ0v) is 11.9. The number of carboxylic acid groups (broad SMARTS) is 1. The molecular formula is C15H19NO4. The van der Waals surface area contributed by atoms with Crippen LogP contribution in [0.4, 0.5) is 10.5 Å². The second-order valence-electron chi connectivity index (χ2n) is 6.01. The SMILES string of the molecule is CC(C)(C)OC(=O)Nc1cccc2c1CC(C(=O)O)C2. The number of carbonyl (C=O) groups excluding carboxylic acids is 1. The topological polar surface area (TPSA) is 75.6 Å². The van der Waals surface area contributed by atoms with Crippen molar-refractivity contribution in [3.8, 4) is 0 Å². The van der Waals surface area contributed by atoms with Gasteiger partial charge in [-0.2, -0.15) is 0 Å². The molecule has 0 aromatic heterocycles. The molecule has 1 aromatic carbocycles. The van der Waals surface area contributed by atoms with E-state index in [1.54, 1.807) is 26.8 Å². The number of anilines is 1. The summed E-state index contributed by atoms with van der Waals surface area (Å²) >= 11 is 0. The number of hydrogen-bond acceptors (Lipinski definition) is 3. The Kier molecular flexibility index (Phi) is 3.70. The lowest BCUT2D eigenvalue weighted by Crippen LogP contribution is -2.27. The molecule has 0 saturated carbocycles. The molecule has 20 heavy (non-hydrogen) atoms. The largest absolute Gasteiger partial charge is 0.481 e. The fourth-order valence-corrected chi connectivity index (χ4v) is 2.36. The van der Waals surface area contributed by atoms with Gasteiger partial charge in [0, 0.05) is 5.69 Å². The molecule has 0 bridgehead atoms. The molecule has 0 aliphatic heterocycles. The number of carbonyl (C=O) groups is 2. The van der Waals surface area contributed by atoms with E-state index in [0.717, 1.165) is 11.1 Å². The summed E-state index contributed by atoms with van der Waals surface area (Å²) in [5.41, 5.74) is 1.95. The van der Waals surface area contributed by atoms with Gasteiger partial charge in [0.25, 0.3) is 0 Å². The summed E-state index contributed by atoms with van der Waals surface area (Å²) in [4.78, 5) is 22.9. The first-order chi connectivity index (χ1) is 9.26. The van der Waals surface area contributed by atoms with Crippen molar-refractivity contribution in [1.82, 2.24) is 0 Å². The van der Waals surface area contributed by atoms with Crippen LogP contribution in [0.5, 0.6) is 0 Å². The van der Waals surface area contributed by atoms with Crippen LogP contribution in [-0.4, -0.2) is 22.8 Å². The zero-order chi connectivity index (χ0) is 14.9. The molecule has 1 aliphatic rings. The van der Waals surface area contributed by atoms with Crippen LogP contribution in [0.15, 0.2) is 18.2 Å². The molecule has 2 rings (SSSR count). The Labute approximate surface area is 117 Å². The summed E-state index contributed by atoms with van der Waals surface area (Å²) in [6.07, 6.45) is 0.426. The van der Waals surface area contributed by atoms with Crippen molar-refractivity contribution in [2.45, 2.75) is 39.2 Å². The Morgan fingerprint density at radius 2 is 2.00 bits per heavy atom. The maximum Gasteiger partial charge on any atom is 0.412 e. The van der Waals surface area contributed by atoms with E-state index in [1.807, 2.05) is 12.1 Å². The number of rotatable bonds is 2. The highest BCUT2D eigenvalue weighted by molar-refractivity contribution is 5.87. The third kappa shape index (κ3) is 3.29. The minimum atomic E-state index is -0.801. The van der Waals surface area contributed by atoms with Crippen molar-refractivity contribution < 1.29 is 19.4 Å².